The molecule has 4 heteroatoms. The first kappa shape index (κ1) is 14.0. The minimum Gasteiger partial charge on any atom is -0.369 e. The Morgan fingerprint density at radius 3 is 2.56 bits per heavy atom. The van der Waals surface area contributed by atoms with Crippen LogP contribution in [0.15, 0.2) is 6.07 Å². The van der Waals surface area contributed by atoms with Crippen LogP contribution in [0.2, 0.25) is 0 Å². The van der Waals surface area contributed by atoms with Crippen LogP contribution in [0.1, 0.15) is 30.8 Å². The van der Waals surface area contributed by atoms with Crippen molar-refractivity contribution in [2.75, 3.05) is 18.0 Å². The monoisotopic (exact) mass is 242 g/mol. The summed E-state index contributed by atoms with van der Waals surface area (Å²) in [5.41, 5.74) is 3.12. The number of nitriles is 2. The Hall–Kier alpha value is -2.07. The molecule has 1 rings (SSSR count). The summed E-state index contributed by atoms with van der Waals surface area (Å²) in [6, 6.07) is 6.35. The van der Waals surface area contributed by atoms with Gasteiger partial charge in [0.1, 0.15) is 6.07 Å². The van der Waals surface area contributed by atoms with Crippen molar-refractivity contribution in [1.29, 1.82) is 10.5 Å². The predicted octanol–water partition coefficient (Wildman–Crippen LogP) is 2.56. The molecule has 94 valence electrons. The van der Waals surface area contributed by atoms with Gasteiger partial charge >= 0.3 is 0 Å². The first-order chi connectivity index (χ1) is 8.53. The summed E-state index contributed by atoms with van der Waals surface area (Å²) in [7, 11) is 0. The molecule has 0 saturated heterocycles. The van der Waals surface area contributed by atoms with E-state index < -0.39 is 0 Å². The Morgan fingerprint density at radius 2 is 2.06 bits per heavy atom. The molecule has 1 heterocycles. The Bertz CT molecular complexity index is 508. The quantitative estimate of drug-likeness (QED) is 0.814. The van der Waals surface area contributed by atoms with E-state index in [4.69, 9.17) is 5.26 Å². The van der Waals surface area contributed by atoms with Crippen LogP contribution in [0.3, 0.4) is 0 Å². The molecule has 0 N–H and O–H groups in total. The Morgan fingerprint density at radius 1 is 1.39 bits per heavy atom. The minimum absolute atomic E-state index is 0.0646. The van der Waals surface area contributed by atoms with Crippen LogP contribution in [0.4, 0.5) is 5.69 Å². The first-order valence-corrected chi connectivity index (χ1v) is 6.06. The molecular formula is C14H18N4. The maximum absolute atomic E-state index is 9.24. The lowest BCUT2D eigenvalue weighted by Gasteiger charge is -2.26. The van der Waals surface area contributed by atoms with Crippen molar-refractivity contribution in [2.45, 2.75) is 27.7 Å². The van der Waals surface area contributed by atoms with Crippen LogP contribution in [0.25, 0.3) is 0 Å². The van der Waals surface area contributed by atoms with Crippen molar-refractivity contribution in [2.24, 2.45) is 5.92 Å². The van der Waals surface area contributed by atoms with Gasteiger partial charge in [-0.3, -0.25) is 4.98 Å². The van der Waals surface area contributed by atoms with Crippen molar-refractivity contribution in [3.05, 3.63) is 23.0 Å². The Balaban J connectivity index is 3.21. The van der Waals surface area contributed by atoms with E-state index in [2.05, 4.69) is 22.0 Å². The van der Waals surface area contributed by atoms with Gasteiger partial charge in [-0.05, 0) is 33.8 Å². The molecule has 1 atom stereocenters. The third-order valence-corrected chi connectivity index (χ3v) is 2.86. The highest BCUT2D eigenvalue weighted by Crippen LogP contribution is 2.23. The number of aryl methyl sites for hydroxylation is 2. The zero-order valence-electron chi connectivity index (χ0n) is 11.4. The van der Waals surface area contributed by atoms with E-state index in [0.29, 0.717) is 12.1 Å². The third-order valence-electron chi connectivity index (χ3n) is 2.86. The van der Waals surface area contributed by atoms with Crippen LogP contribution in [-0.2, 0) is 0 Å². The molecule has 1 aromatic rings. The summed E-state index contributed by atoms with van der Waals surface area (Å²) in [6.07, 6.45) is 0. The highest BCUT2D eigenvalue weighted by atomic mass is 15.1. The van der Waals surface area contributed by atoms with Crippen molar-refractivity contribution >= 4 is 5.69 Å². The van der Waals surface area contributed by atoms with Gasteiger partial charge in [-0.2, -0.15) is 10.5 Å². The molecule has 1 unspecified atom stereocenters. The zero-order valence-corrected chi connectivity index (χ0v) is 11.4. The third kappa shape index (κ3) is 2.99. The normalized spacial score (nSPS) is 11.4. The smallest absolute Gasteiger partial charge is 0.103 e. The van der Waals surface area contributed by atoms with Crippen molar-refractivity contribution in [1.82, 2.24) is 4.98 Å². The standard InChI is InChI=1S/C14H18N4/c1-5-18(9-10(2)7-15)14-6-11(3)17-12(4)13(14)8-16/h6,10H,5,9H2,1-4H3. The topological polar surface area (TPSA) is 63.7 Å². The molecule has 1 aromatic heterocycles. The fraction of sp³-hybridized carbons (Fsp3) is 0.500. The van der Waals surface area contributed by atoms with Crippen LogP contribution in [0, 0.1) is 42.4 Å². The number of nitrogens with zero attached hydrogens (tertiary/aromatic N) is 4. The number of hydrogen-bond acceptors (Lipinski definition) is 4. The lowest BCUT2D eigenvalue weighted by atomic mass is 10.1. The number of anilines is 1. The lowest BCUT2D eigenvalue weighted by Crippen LogP contribution is -2.29. The van der Waals surface area contributed by atoms with E-state index in [1.54, 1.807) is 0 Å². The molecule has 4 nitrogen and oxygen atoms in total. The molecule has 0 spiro atoms. The van der Waals surface area contributed by atoms with Gasteiger partial charge in [0.2, 0.25) is 0 Å². The van der Waals surface area contributed by atoms with Crippen LogP contribution >= 0.6 is 0 Å². The maximum Gasteiger partial charge on any atom is 0.103 e. The van der Waals surface area contributed by atoms with Gasteiger partial charge in [0, 0.05) is 18.8 Å². The average Bonchev–Trinajstić information content (AvgIpc) is 2.34. The molecule has 0 fully saturated rings. The fourth-order valence-corrected chi connectivity index (χ4v) is 1.96. The summed E-state index contributed by atoms with van der Waals surface area (Å²) >= 11 is 0. The molecule has 0 aliphatic heterocycles. The van der Waals surface area contributed by atoms with Crippen LogP contribution < -0.4 is 4.90 Å². The Labute approximate surface area is 108 Å². The molecule has 0 amide bonds. The summed E-state index contributed by atoms with van der Waals surface area (Å²) in [5.74, 6) is -0.0646. The molecule has 0 bridgehead atoms. The molecule has 0 aromatic carbocycles. The van der Waals surface area contributed by atoms with Gasteiger partial charge in [0.05, 0.1) is 28.9 Å². The summed E-state index contributed by atoms with van der Waals surface area (Å²) in [5, 5.41) is 18.2. The Kier molecular flexibility index (Phi) is 4.68. The van der Waals surface area contributed by atoms with Gasteiger partial charge < -0.3 is 4.90 Å². The van der Waals surface area contributed by atoms with Crippen molar-refractivity contribution in [3.63, 3.8) is 0 Å². The second-order valence-corrected chi connectivity index (χ2v) is 4.42. The first-order valence-electron chi connectivity index (χ1n) is 6.06. The fourth-order valence-electron chi connectivity index (χ4n) is 1.96. The van der Waals surface area contributed by atoms with E-state index in [1.165, 1.54) is 0 Å². The summed E-state index contributed by atoms with van der Waals surface area (Å²) in [4.78, 5) is 6.37. The molecule has 0 saturated carbocycles. The number of pyridine rings is 1. The molecule has 0 radical (unpaired) electrons. The second-order valence-electron chi connectivity index (χ2n) is 4.42. The lowest BCUT2D eigenvalue weighted by molar-refractivity contribution is 0.684. The van der Waals surface area contributed by atoms with Gasteiger partial charge in [-0.1, -0.05) is 0 Å². The molecule has 0 aliphatic carbocycles. The van der Waals surface area contributed by atoms with E-state index in [0.717, 1.165) is 23.6 Å². The van der Waals surface area contributed by atoms with E-state index in [9.17, 15) is 5.26 Å². The number of rotatable bonds is 4. The maximum atomic E-state index is 9.24. The number of aromatic nitrogens is 1. The summed E-state index contributed by atoms with van der Waals surface area (Å²) in [6.45, 7) is 9.07. The predicted molar refractivity (Wildman–Crippen MR) is 71.1 cm³/mol. The average molecular weight is 242 g/mol. The van der Waals surface area contributed by atoms with Gasteiger partial charge in [-0.15, -0.1) is 0 Å². The van der Waals surface area contributed by atoms with E-state index >= 15 is 0 Å². The summed E-state index contributed by atoms with van der Waals surface area (Å²) < 4.78 is 0. The van der Waals surface area contributed by atoms with Gasteiger partial charge in [-0.25, -0.2) is 0 Å². The van der Waals surface area contributed by atoms with Gasteiger partial charge in [0.15, 0.2) is 0 Å². The zero-order chi connectivity index (χ0) is 13.7. The van der Waals surface area contributed by atoms with E-state index in [1.807, 2.05) is 33.8 Å². The largest absolute Gasteiger partial charge is 0.369 e. The van der Waals surface area contributed by atoms with Crippen LogP contribution in [0.5, 0.6) is 0 Å². The second kappa shape index (κ2) is 6.02. The van der Waals surface area contributed by atoms with Crippen molar-refractivity contribution < 1.29 is 0 Å². The molecular weight excluding hydrogens is 224 g/mol. The highest BCUT2D eigenvalue weighted by molar-refractivity contribution is 5.61. The van der Waals surface area contributed by atoms with Crippen LogP contribution in [-0.4, -0.2) is 18.1 Å². The highest BCUT2D eigenvalue weighted by Gasteiger charge is 2.15. The van der Waals surface area contributed by atoms with Gasteiger partial charge in [0.25, 0.3) is 0 Å². The SMILES string of the molecule is CCN(CC(C)C#N)c1cc(C)nc(C)c1C#N. The number of hydrogen-bond donors (Lipinski definition) is 0. The molecule has 0 aliphatic rings. The molecule has 18 heavy (non-hydrogen) atoms. The van der Waals surface area contributed by atoms with E-state index in [-0.39, 0.29) is 5.92 Å². The minimum atomic E-state index is -0.0646. The van der Waals surface area contributed by atoms with Crippen molar-refractivity contribution in [3.8, 4) is 12.1 Å².